The standard InChI is InChI=1S/C7H11BrO3/c1-3-4-5-7(8,10)11-6(2)9/h4-5,10H,3H2,1-2H3/b5-4+. The van der Waals surface area contributed by atoms with Crippen molar-refractivity contribution in [3.05, 3.63) is 12.2 Å². The third-order valence-corrected chi connectivity index (χ3v) is 1.27. The first kappa shape index (κ1) is 10.7. The lowest BCUT2D eigenvalue weighted by molar-refractivity contribution is -0.162. The first-order valence-corrected chi connectivity index (χ1v) is 4.06. The predicted molar refractivity (Wildman–Crippen MR) is 45.1 cm³/mol. The van der Waals surface area contributed by atoms with Gasteiger partial charge in [0.25, 0.3) is 4.70 Å². The molecule has 0 amide bonds. The molecule has 0 aliphatic carbocycles. The summed E-state index contributed by atoms with van der Waals surface area (Å²) in [5.41, 5.74) is 0. The van der Waals surface area contributed by atoms with Gasteiger partial charge in [0.1, 0.15) is 0 Å². The van der Waals surface area contributed by atoms with Gasteiger partial charge in [-0.05, 0) is 28.4 Å². The van der Waals surface area contributed by atoms with Crippen LogP contribution in [0.1, 0.15) is 20.3 Å². The van der Waals surface area contributed by atoms with Crippen LogP contribution in [0, 0.1) is 0 Å². The van der Waals surface area contributed by atoms with Gasteiger partial charge in [-0.25, -0.2) is 0 Å². The highest BCUT2D eigenvalue weighted by Gasteiger charge is 2.21. The van der Waals surface area contributed by atoms with E-state index >= 15 is 0 Å². The topological polar surface area (TPSA) is 46.5 Å². The first-order valence-electron chi connectivity index (χ1n) is 3.26. The summed E-state index contributed by atoms with van der Waals surface area (Å²) in [6.07, 6.45) is 3.83. The summed E-state index contributed by atoms with van der Waals surface area (Å²) in [6.45, 7) is 3.14. The molecule has 0 aromatic rings. The molecular weight excluding hydrogens is 212 g/mol. The van der Waals surface area contributed by atoms with Gasteiger partial charge in [0.2, 0.25) is 0 Å². The van der Waals surface area contributed by atoms with E-state index in [1.54, 1.807) is 6.08 Å². The third-order valence-electron chi connectivity index (χ3n) is 0.846. The van der Waals surface area contributed by atoms with E-state index in [0.29, 0.717) is 0 Å². The summed E-state index contributed by atoms with van der Waals surface area (Å²) >= 11 is 2.81. The van der Waals surface area contributed by atoms with Crippen molar-refractivity contribution in [1.82, 2.24) is 0 Å². The maximum absolute atomic E-state index is 10.4. The minimum absolute atomic E-state index is 0.537. The number of carbonyl (C=O) groups excluding carboxylic acids is 1. The third kappa shape index (κ3) is 6.06. The molecule has 0 saturated heterocycles. The van der Waals surface area contributed by atoms with E-state index in [4.69, 9.17) is 0 Å². The second kappa shape index (κ2) is 4.51. The van der Waals surface area contributed by atoms with Crippen molar-refractivity contribution in [2.24, 2.45) is 0 Å². The lowest BCUT2D eigenvalue weighted by Gasteiger charge is -2.15. The Morgan fingerprint density at radius 1 is 1.82 bits per heavy atom. The van der Waals surface area contributed by atoms with Crippen LogP contribution in [0.3, 0.4) is 0 Å². The normalized spacial score (nSPS) is 16.4. The number of hydrogen-bond acceptors (Lipinski definition) is 3. The molecule has 1 atom stereocenters. The van der Waals surface area contributed by atoms with E-state index < -0.39 is 10.7 Å². The van der Waals surface area contributed by atoms with E-state index in [1.165, 1.54) is 13.0 Å². The highest BCUT2D eigenvalue weighted by molar-refractivity contribution is 9.10. The van der Waals surface area contributed by atoms with Crippen LogP contribution in [0.5, 0.6) is 0 Å². The number of aliphatic hydroxyl groups is 1. The van der Waals surface area contributed by atoms with Crippen molar-refractivity contribution < 1.29 is 14.6 Å². The molecule has 4 heteroatoms. The van der Waals surface area contributed by atoms with Gasteiger partial charge in [-0.15, -0.1) is 0 Å². The lowest BCUT2D eigenvalue weighted by Crippen LogP contribution is -2.23. The molecule has 0 spiro atoms. The largest absolute Gasteiger partial charge is 0.419 e. The maximum Gasteiger partial charge on any atom is 0.306 e. The number of allylic oxidation sites excluding steroid dienone is 1. The van der Waals surface area contributed by atoms with E-state index in [0.717, 1.165) is 6.42 Å². The zero-order chi connectivity index (χ0) is 8.91. The lowest BCUT2D eigenvalue weighted by atomic mass is 10.4. The molecule has 0 heterocycles. The molecule has 0 fully saturated rings. The minimum Gasteiger partial charge on any atom is -0.419 e. The van der Waals surface area contributed by atoms with Gasteiger partial charge in [0.05, 0.1) is 0 Å². The molecule has 0 aromatic heterocycles. The van der Waals surface area contributed by atoms with Crippen LogP contribution in [0.15, 0.2) is 12.2 Å². The van der Waals surface area contributed by atoms with Crippen LogP contribution >= 0.6 is 15.9 Å². The predicted octanol–water partition coefficient (Wildman–Crippen LogP) is 1.56. The van der Waals surface area contributed by atoms with Gasteiger partial charge < -0.3 is 9.84 Å². The number of hydrogen-bond donors (Lipinski definition) is 1. The summed E-state index contributed by atoms with van der Waals surface area (Å²) in [7, 11) is 0. The molecule has 3 nitrogen and oxygen atoms in total. The van der Waals surface area contributed by atoms with Crippen molar-refractivity contribution in [2.45, 2.75) is 25.0 Å². The van der Waals surface area contributed by atoms with Gasteiger partial charge in [0, 0.05) is 6.92 Å². The van der Waals surface area contributed by atoms with Crippen LogP contribution in [0.2, 0.25) is 0 Å². The number of ether oxygens (including phenoxy) is 1. The summed E-state index contributed by atoms with van der Waals surface area (Å²) < 4.78 is 2.84. The number of rotatable bonds is 3. The molecule has 1 N–H and O–H groups in total. The Hall–Kier alpha value is -0.350. The fraction of sp³-hybridized carbons (Fsp3) is 0.571. The Bertz CT molecular complexity index is 163. The molecule has 0 aliphatic heterocycles. The zero-order valence-electron chi connectivity index (χ0n) is 6.50. The number of halogens is 1. The molecule has 11 heavy (non-hydrogen) atoms. The first-order chi connectivity index (χ1) is 4.98. The SMILES string of the molecule is CC/C=C/C(O)(Br)OC(C)=O. The van der Waals surface area contributed by atoms with Crippen molar-refractivity contribution >= 4 is 21.9 Å². The smallest absolute Gasteiger partial charge is 0.306 e. The van der Waals surface area contributed by atoms with Crippen LogP contribution in [0.25, 0.3) is 0 Å². The molecule has 0 rings (SSSR count). The van der Waals surface area contributed by atoms with Gasteiger partial charge in [-0.1, -0.05) is 13.0 Å². The van der Waals surface area contributed by atoms with Gasteiger partial charge in [-0.2, -0.15) is 0 Å². The Morgan fingerprint density at radius 3 is 2.73 bits per heavy atom. The molecule has 0 radical (unpaired) electrons. The second-order valence-electron chi connectivity index (χ2n) is 2.01. The van der Waals surface area contributed by atoms with Crippen LogP contribution in [-0.2, 0) is 9.53 Å². The summed E-state index contributed by atoms with van der Waals surface area (Å²) in [4.78, 5) is 10.4. The van der Waals surface area contributed by atoms with Crippen molar-refractivity contribution in [2.75, 3.05) is 0 Å². The van der Waals surface area contributed by atoms with Crippen molar-refractivity contribution in [3.63, 3.8) is 0 Å². The van der Waals surface area contributed by atoms with Gasteiger partial charge >= 0.3 is 5.97 Å². The maximum atomic E-state index is 10.4. The second-order valence-corrected chi connectivity index (χ2v) is 3.15. The summed E-state index contributed by atoms with van der Waals surface area (Å²) in [6, 6.07) is 0. The summed E-state index contributed by atoms with van der Waals surface area (Å²) in [5.74, 6) is -0.537. The minimum atomic E-state index is -1.64. The fourth-order valence-electron chi connectivity index (χ4n) is 0.499. The van der Waals surface area contributed by atoms with Gasteiger partial charge in [-0.3, -0.25) is 4.79 Å². The van der Waals surface area contributed by atoms with Crippen LogP contribution in [0.4, 0.5) is 0 Å². The molecule has 1 unspecified atom stereocenters. The number of esters is 1. The molecule has 64 valence electrons. The van der Waals surface area contributed by atoms with Crippen molar-refractivity contribution in [3.8, 4) is 0 Å². The van der Waals surface area contributed by atoms with Crippen LogP contribution in [-0.4, -0.2) is 15.8 Å². The monoisotopic (exact) mass is 222 g/mol. The highest BCUT2D eigenvalue weighted by Crippen LogP contribution is 2.17. The molecule has 0 saturated carbocycles. The molecule has 0 aliphatic rings. The number of alkyl halides is 1. The van der Waals surface area contributed by atoms with E-state index in [2.05, 4.69) is 20.7 Å². The molecular formula is C7H11BrO3. The Labute approximate surface area is 74.2 Å². The van der Waals surface area contributed by atoms with Gasteiger partial charge in [0.15, 0.2) is 0 Å². The average Bonchev–Trinajstić information content (AvgIpc) is 1.81. The Morgan fingerprint density at radius 2 is 2.36 bits per heavy atom. The quantitative estimate of drug-likeness (QED) is 0.342. The van der Waals surface area contributed by atoms with E-state index in [-0.39, 0.29) is 0 Å². The van der Waals surface area contributed by atoms with Crippen LogP contribution < -0.4 is 0 Å². The highest BCUT2D eigenvalue weighted by atomic mass is 79.9. The van der Waals surface area contributed by atoms with Crippen molar-refractivity contribution in [1.29, 1.82) is 0 Å². The number of carbonyl (C=O) groups is 1. The molecule has 0 aromatic carbocycles. The zero-order valence-corrected chi connectivity index (χ0v) is 8.09. The molecule has 0 bridgehead atoms. The van der Waals surface area contributed by atoms with E-state index in [9.17, 15) is 9.90 Å². The fourth-order valence-corrected chi connectivity index (χ4v) is 0.914. The average molecular weight is 223 g/mol. The Kier molecular flexibility index (Phi) is 4.37. The Balaban J connectivity index is 3.99. The van der Waals surface area contributed by atoms with E-state index in [1.807, 2.05) is 6.92 Å². The summed E-state index contributed by atoms with van der Waals surface area (Å²) in [5, 5.41) is 9.20.